The number of rotatable bonds is 7. The molecule has 2 aromatic rings. The van der Waals surface area contributed by atoms with Crippen LogP contribution < -0.4 is 14.8 Å². The quantitative estimate of drug-likeness (QED) is 0.742. The van der Waals surface area contributed by atoms with E-state index >= 15 is 0 Å². The van der Waals surface area contributed by atoms with Crippen LogP contribution in [0.3, 0.4) is 0 Å². The third kappa shape index (κ3) is 3.93. The first kappa shape index (κ1) is 19.7. The molecule has 0 bridgehead atoms. The first-order valence-corrected chi connectivity index (χ1v) is 8.96. The lowest BCUT2D eigenvalue weighted by Gasteiger charge is -2.22. The molecule has 1 heterocycles. The maximum Gasteiger partial charge on any atom is 0.325 e. The normalized spacial score (nSPS) is 18.9. The fourth-order valence-electron chi connectivity index (χ4n) is 3.29. The summed E-state index contributed by atoms with van der Waals surface area (Å²) in [4.78, 5) is 26.5. The van der Waals surface area contributed by atoms with E-state index in [1.807, 2.05) is 24.3 Å². The zero-order valence-electron chi connectivity index (χ0n) is 16.1. The number of carbonyl (C=O) groups excluding carboxylic acids is 2. The van der Waals surface area contributed by atoms with Crippen LogP contribution in [0, 0.1) is 5.82 Å². The molecule has 148 valence electrons. The van der Waals surface area contributed by atoms with Crippen LogP contribution in [0.5, 0.6) is 11.5 Å². The third-order valence-electron chi connectivity index (χ3n) is 4.99. The Labute approximate surface area is 163 Å². The number of hydrogen-bond acceptors (Lipinski definition) is 4. The predicted molar refractivity (Wildman–Crippen MR) is 102 cm³/mol. The van der Waals surface area contributed by atoms with Crippen LogP contribution in [0.25, 0.3) is 0 Å². The first-order valence-electron chi connectivity index (χ1n) is 8.96. The molecule has 2 aromatic carbocycles. The van der Waals surface area contributed by atoms with Crippen molar-refractivity contribution in [2.24, 2.45) is 0 Å². The molecule has 0 radical (unpaired) electrons. The highest BCUT2D eigenvalue weighted by Gasteiger charge is 2.47. The van der Waals surface area contributed by atoms with Crippen LogP contribution in [-0.4, -0.2) is 36.6 Å². The summed E-state index contributed by atoms with van der Waals surface area (Å²) in [6.45, 7) is 1.66. The molecule has 0 unspecified atom stereocenters. The number of nitrogens with zero attached hydrogens (tertiary/aromatic N) is 1. The Balaban J connectivity index is 1.72. The molecule has 6 nitrogen and oxygen atoms in total. The molecular weight excluding hydrogens is 363 g/mol. The molecule has 1 N–H and O–H groups in total. The van der Waals surface area contributed by atoms with Gasteiger partial charge in [0.25, 0.3) is 5.91 Å². The van der Waals surface area contributed by atoms with Crippen molar-refractivity contribution in [2.45, 2.75) is 31.8 Å². The van der Waals surface area contributed by atoms with Crippen molar-refractivity contribution < 1.29 is 23.5 Å². The molecule has 1 aliphatic heterocycles. The van der Waals surface area contributed by atoms with E-state index in [2.05, 4.69) is 5.32 Å². The highest BCUT2D eigenvalue weighted by atomic mass is 19.1. The number of ether oxygens (including phenoxy) is 2. The number of methoxy groups -OCH3 is 2. The van der Waals surface area contributed by atoms with E-state index in [-0.39, 0.29) is 12.5 Å². The van der Waals surface area contributed by atoms with E-state index in [0.717, 1.165) is 16.2 Å². The van der Waals surface area contributed by atoms with Crippen molar-refractivity contribution in [1.29, 1.82) is 0 Å². The first-order chi connectivity index (χ1) is 13.4. The summed E-state index contributed by atoms with van der Waals surface area (Å²) < 4.78 is 23.9. The van der Waals surface area contributed by atoms with Gasteiger partial charge in [0.15, 0.2) is 0 Å². The fraction of sp³-hybridized carbons (Fsp3) is 0.333. The highest BCUT2D eigenvalue weighted by molar-refractivity contribution is 6.06. The van der Waals surface area contributed by atoms with Crippen LogP contribution in [0.4, 0.5) is 9.18 Å². The van der Waals surface area contributed by atoms with Gasteiger partial charge in [-0.3, -0.25) is 9.69 Å². The Bertz CT molecular complexity index is 884. The summed E-state index contributed by atoms with van der Waals surface area (Å²) in [5.41, 5.74) is 0.456. The number of halogens is 1. The van der Waals surface area contributed by atoms with Crippen LogP contribution in [0.15, 0.2) is 42.5 Å². The average Bonchev–Trinajstić information content (AvgIpc) is 2.90. The van der Waals surface area contributed by atoms with E-state index in [9.17, 15) is 14.0 Å². The van der Waals surface area contributed by atoms with Gasteiger partial charge in [-0.05, 0) is 55.7 Å². The van der Waals surface area contributed by atoms with Gasteiger partial charge in [0, 0.05) is 5.56 Å². The molecule has 1 saturated heterocycles. The minimum Gasteiger partial charge on any atom is -0.497 e. The molecule has 1 fully saturated rings. The minimum absolute atomic E-state index is 0.0519. The van der Waals surface area contributed by atoms with Gasteiger partial charge < -0.3 is 14.8 Å². The van der Waals surface area contributed by atoms with E-state index in [1.165, 1.54) is 25.3 Å². The van der Waals surface area contributed by atoms with Crippen molar-refractivity contribution in [2.75, 3.05) is 14.2 Å². The second kappa shape index (κ2) is 7.88. The van der Waals surface area contributed by atoms with E-state index < -0.39 is 17.4 Å². The van der Waals surface area contributed by atoms with E-state index in [4.69, 9.17) is 9.47 Å². The molecule has 0 saturated carbocycles. The molecule has 3 amide bonds. The van der Waals surface area contributed by atoms with Gasteiger partial charge in [-0.1, -0.05) is 12.1 Å². The number of imide groups is 1. The minimum atomic E-state index is -1.02. The summed E-state index contributed by atoms with van der Waals surface area (Å²) >= 11 is 0. The van der Waals surface area contributed by atoms with Crippen molar-refractivity contribution in [3.8, 4) is 11.5 Å². The smallest absolute Gasteiger partial charge is 0.325 e. The second-order valence-electron chi connectivity index (χ2n) is 6.96. The average molecular weight is 386 g/mol. The van der Waals surface area contributed by atoms with Gasteiger partial charge in [-0.15, -0.1) is 0 Å². The SMILES string of the molecule is COc1ccc(CC[C@@]2(C)NC(=O)N(Cc3cc(F)ccc3OC)C2=O)cc1. The third-order valence-corrected chi connectivity index (χ3v) is 4.99. The summed E-state index contributed by atoms with van der Waals surface area (Å²) in [5.74, 6) is 0.395. The lowest BCUT2D eigenvalue weighted by Crippen LogP contribution is -2.44. The molecule has 28 heavy (non-hydrogen) atoms. The fourth-order valence-corrected chi connectivity index (χ4v) is 3.29. The Kier molecular flexibility index (Phi) is 5.53. The van der Waals surface area contributed by atoms with Crippen LogP contribution in [0.1, 0.15) is 24.5 Å². The Morgan fingerprint density at radius 2 is 1.79 bits per heavy atom. The van der Waals surface area contributed by atoms with Gasteiger partial charge in [-0.25, -0.2) is 9.18 Å². The number of nitrogens with one attached hydrogen (secondary N) is 1. The molecule has 7 heteroatoms. The molecule has 0 aliphatic carbocycles. The lowest BCUT2D eigenvalue weighted by atomic mass is 9.93. The van der Waals surface area contributed by atoms with Crippen LogP contribution in [-0.2, 0) is 17.8 Å². The van der Waals surface area contributed by atoms with Gasteiger partial charge in [0.05, 0.1) is 20.8 Å². The Morgan fingerprint density at radius 3 is 2.43 bits per heavy atom. The van der Waals surface area contributed by atoms with Gasteiger partial charge >= 0.3 is 6.03 Å². The zero-order valence-corrected chi connectivity index (χ0v) is 16.1. The zero-order chi connectivity index (χ0) is 20.3. The van der Waals surface area contributed by atoms with Crippen molar-refractivity contribution in [3.05, 3.63) is 59.4 Å². The Morgan fingerprint density at radius 1 is 1.07 bits per heavy atom. The van der Waals surface area contributed by atoms with Gasteiger partial charge in [-0.2, -0.15) is 0 Å². The topological polar surface area (TPSA) is 67.9 Å². The molecule has 1 aliphatic rings. The highest BCUT2D eigenvalue weighted by Crippen LogP contribution is 2.28. The molecular formula is C21H23FN2O4. The van der Waals surface area contributed by atoms with Crippen molar-refractivity contribution in [3.63, 3.8) is 0 Å². The van der Waals surface area contributed by atoms with Crippen molar-refractivity contribution in [1.82, 2.24) is 10.2 Å². The number of amides is 3. The van der Waals surface area contributed by atoms with Crippen LogP contribution in [0.2, 0.25) is 0 Å². The number of benzene rings is 2. The number of carbonyl (C=O) groups is 2. The predicted octanol–water partition coefficient (Wildman–Crippen LogP) is 3.29. The van der Waals surface area contributed by atoms with Crippen LogP contribution >= 0.6 is 0 Å². The van der Waals surface area contributed by atoms with Gasteiger partial charge in [0.2, 0.25) is 0 Å². The lowest BCUT2D eigenvalue weighted by molar-refractivity contribution is -0.131. The second-order valence-corrected chi connectivity index (χ2v) is 6.96. The maximum absolute atomic E-state index is 13.6. The van der Waals surface area contributed by atoms with Gasteiger partial charge in [0.1, 0.15) is 22.9 Å². The summed E-state index contributed by atoms with van der Waals surface area (Å²) in [6, 6.07) is 11.1. The largest absolute Gasteiger partial charge is 0.497 e. The monoisotopic (exact) mass is 386 g/mol. The van der Waals surface area contributed by atoms with E-state index in [0.29, 0.717) is 24.2 Å². The summed E-state index contributed by atoms with van der Waals surface area (Å²) in [7, 11) is 3.06. The number of hydrogen-bond donors (Lipinski definition) is 1. The Hall–Kier alpha value is -3.09. The maximum atomic E-state index is 13.6. The van der Waals surface area contributed by atoms with E-state index in [1.54, 1.807) is 14.0 Å². The molecule has 0 aromatic heterocycles. The number of aryl methyl sites for hydroxylation is 1. The molecule has 1 atom stereocenters. The summed E-state index contributed by atoms with van der Waals surface area (Å²) in [5, 5.41) is 2.77. The van der Waals surface area contributed by atoms with Crippen molar-refractivity contribution >= 4 is 11.9 Å². The molecule has 0 spiro atoms. The standard InChI is InChI=1S/C21H23FN2O4/c1-21(11-10-14-4-7-17(27-2)8-5-14)19(25)24(20(26)23-21)13-15-12-16(22)6-9-18(15)28-3/h4-9,12H,10-11,13H2,1-3H3,(H,23,26)/t21-/m1/s1. The number of urea groups is 1. The molecule has 3 rings (SSSR count). The summed E-state index contributed by atoms with van der Waals surface area (Å²) in [6.07, 6.45) is 1.06.